The average molecular weight is 414 g/mol. The number of allylic oxidation sites excluding steroid dienone is 2. The molecule has 4 aliphatic rings. The number of rotatable bonds is 3. The Labute approximate surface area is 162 Å². The van der Waals surface area contributed by atoms with Crippen LogP contribution in [0, 0.1) is 11.8 Å². The number of benzene rings is 1. The number of nitrogens with one attached hydrogen (secondary N) is 1. The van der Waals surface area contributed by atoms with Crippen molar-refractivity contribution in [1.82, 2.24) is 20.1 Å². The van der Waals surface area contributed by atoms with Gasteiger partial charge in [-0.2, -0.15) is 0 Å². The molecule has 3 unspecified atom stereocenters. The molecule has 5 nitrogen and oxygen atoms in total. The van der Waals surface area contributed by atoms with Crippen LogP contribution >= 0.6 is 15.9 Å². The number of fused-ring (bicyclic) bond motifs is 2. The lowest BCUT2D eigenvalue weighted by Crippen LogP contribution is -2.37. The molecule has 0 aliphatic carbocycles. The third kappa shape index (κ3) is 2.91. The fourth-order valence-corrected chi connectivity index (χ4v) is 4.99. The molecule has 0 aromatic heterocycles. The van der Waals surface area contributed by atoms with Gasteiger partial charge in [-0.3, -0.25) is 10.7 Å². The molecule has 0 bridgehead atoms. The monoisotopic (exact) mass is 413 g/mol. The third-order valence-corrected chi connectivity index (χ3v) is 6.47. The van der Waals surface area contributed by atoms with E-state index in [0.717, 1.165) is 49.0 Å². The van der Waals surface area contributed by atoms with Gasteiger partial charge < -0.3 is 10.2 Å². The molecule has 0 amide bonds. The molecule has 0 radical (unpaired) electrons. The Morgan fingerprint density at radius 2 is 1.77 bits per heavy atom. The first-order valence-corrected chi connectivity index (χ1v) is 10.1. The molecular weight excluding hydrogens is 390 g/mol. The second-order valence-electron chi connectivity index (χ2n) is 7.72. The van der Waals surface area contributed by atoms with Crippen molar-refractivity contribution in [3.63, 3.8) is 0 Å². The van der Waals surface area contributed by atoms with Crippen LogP contribution in [-0.2, 0) is 0 Å². The van der Waals surface area contributed by atoms with Gasteiger partial charge in [-0.05, 0) is 41.7 Å². The molecule has 5 rings (SSSR count). The van der Waals surface area contributed by atoms with Gasteiger partial charge in [0.1, 0.15) is 6.17 Å². The minimum atomic E-state index is 0.218. The molecule has 2 saturated heterocycles. The number of nitrogens with two attached hydrogens (primary N) is 1. The quantitative estimate of drug-likeness (QED) is 0.743. The van der Waals surface area contributed by atoms with E-state index < -0.39 is 0 Å². The van der Waals surface area contributed by atoms with E-state index in [9.17, 15) is 0 Å². The van der Waals surface area contributed by atoms with Crippen molar-refractivity contribution in [3.8, 4) is 0 Å². The second-order valence-corrected chi connectivity index (χ2v) is 8.64. The zero-order chi connectivity index (χ0) is 17.7. The van der Waals surface area contributed by atoms with Gasteiger partial charge in [-0.25, -0.2) is 5.01 Å². The normalized spacial score (nSPS) is 30.8. The lowest BCUT2D eigenvalue weighted by atomic mass is 10.0. The van der Waals surface area contributed by atoms with Crippen LogP contribution < -0.4 is 11.2 Å². The summed E-state index contributed by atoms with van der Waals surface area (Å²) in [7, 11) is 0. The lowest BCUT2D eigenvalue weighted by Gasteiger charge is -2.28. The summed E-state index contributed by atoms with van der Waals surface area (Å²) in [4.78, 5) is 4.98. The first kappa shape index (κ1) is 16.6. The summed E-state index contributed by atoms with van der Waals surface area (Å²) in [5, 5.41) is 5.70. The summed E-state index contributed by atoms with van der Waals surface area (Å²) in [5.41, 5.74) is 3.85. The van der Waals surface area contributed by atoms with E-state index in [4.69, 9.17) is 5.84 Å². The van der Waals surface area contributed by atoms with E-state index in [1.165, 1.54) is 17.0 Å². The maximum absolute atomic E-state index is 6.00. The smallest absolute Gasteiger partial charge is 0.123 e. The number of hydrazine groups is 1. The van der Waals surface area contributed by atoms with Crippen LogP contribution in [0.3, 0.4) is 0 Å². The topological polar surface area (TPSA) is 47.8 Å². The highest BCUT2D eigenvalue weighted by Crippen LogP contribution is 2.34. The molecular formula is C20H24BrN5. The van der Waals surface area contributed by atoms with Gasteiger partial charge in [0.2, 0.25) is 0 Å². The molecule has 0 spiro atoms. The molecule has 3 N–H and O–H groups in total. The molecule has 4 heterocycles. The highest BCUT2D eigenvalue weighted by molar-refractivity contribution is 9.10. The summed E-state index contributed by atoms with van der Waals surface area (Å²) in [6, 6.07) is 8.59. The van der Waals surface area contributed by atoms with Gasteiger partial charge in [0.25, 0.3) is 0 Å². The zero-order valence-corrected chi connectivity index (χ0v) is 16.3. The Kier molecular flexibility index (Phi) is 4.16. The molecule has 2 fully saturated rings. The van der Waals surface area contributed by atoms with Crippen molar-refractivity contribution in [3.05, 3.63) is 64.4 Å². The average Bonchev–Trinajstić information content (AvgIpc) is 3.27. The van der Waals surface area contributed by atoms with Gasteiger partial charge in [0, 0.05) is 43.4 Å². The number of hydrogen-bond acceptors (Lipinski definition) is 5. The van der Waals surface area contributed by atoms with Crippen molar-refractivity contribution < 1.29 is 0 Å². The fraction of sp³-hybridized carbons (Fsp3) is 0.400. The molecule has 0 saturated carbocycles. The van der Waals surface area contributed by atoms with Crippen LogP contribution in [0.15, 0.2) is 58.9 Å². The number of halogens is 1. The Morgan fingerprint density at radius 1 is 1.04 bits per heavy atom. The van der Waals surface area contributed by atoms with Crippen LogP contribution in [0.5, 0.6) is 0 Å². The largest absolute Gasteiger partial charge is 0.360 e. The molecule has 1 aromatic rings. The van der Waals surface area contributed by atoms with Crippen molar-refractivity contribution in [2.24, 2.45) is 17.7 Å². The highest BCUT2D eigenvalue weighted by atomic mass is 79.9. The number of likely N-dealkylation sites (tertiary alicyclic amines) is 1. The molecule has 26 heavy (non-hydrogen) atoms. The predicted molar refractivity (Wildman–Crippen MR) is 107 cm³/mol. The summed E-state index contributed by atoms with van der Waals surface area (Å²) in [6.45, 7) is 5.34. The van der Waals surface area contributed by atoms with Crippen molar-refractivity contribution >= 4 is 21.6 Å². The second kappa shape index (κ2) is 6.53. The Balaban J connectivity index is 1.42. The van der Waals surface area contributed by atoms with Crippen LogP contribution in [0.25, 0.3) is 5.70 Å². The SMILES string of the molecule is NN1CC2CN(CC3=C(c4ccc(Br)cc4)NC4C=CC=CN34)CC2C1. The van der Waals surface area contributed by atoms with E-state index in [-0.39, 0.29) is 6.17 Å². The summed E-state index contributed by atoms with van der Waals surface area (Å²) in [5.74, 6) is 7.44. The Bertz CT molecular complexity index is 770. The summed E-state index contributed by atoms with van der Waals surface area (Å²) >= 11 is 3.54. The molecule has 6 heteroatoms. The third-order valence-electron chi connectivity index (χ3n) is 5.94. The van der Waals surface area contributed by atoms with Crippen molar-refractivity contribution in [1.29, 1.82) is 0 Å². The minimum Gasteiger partial charge on any atom is -0.360 e. The maximum atomic E-state index is 6.00. The fourth-order valence-electron chi connectivity index (χ4n) is 4.73. The molecule has 136 valence electrons. The zero-order valence-electron chi connectivity index (χ0n) is 14.7. The van der Waals surface area contributed by atoms with E-state index in [1.54, 1.807) is 0 Å². The van der Waals surface area contributed by atoms with Gasteiger partial charge in [0.15, 0.2) is 0 Å². The lowest BCUT2D eigenvalue weighted by molar-refractivity contribution is 0.257. The Hall–Kier alpha value is -1.60. The number of nitrogens with zero attached hydrogens (tertiary/aromatic N) is 3. The van der Waals surface area contributed by atoms with E-state index in [2.05, 4.69) is 79.7 Å². The van der Waals surface area contributed by atoms with Gasteiger partial charge in [0.05, 0.1) is 11.4 Å². The van der Waals surface area contributed by atoms with Crippen molar-refractivity contribution in [2.45, 2.75) is 6.17 Å². The van der Waals surface area contributed by atoms with E-state index >= 15 is 0 Å². The highest BCUT2D eigenvalue weighted by Gasteiger charge is 2.40. The Morgan fingerprint density at radius 3 is 2.50 bits per heavy atom. The van der Waals surface area contributed by atoms with Crippen LogP contribution in [0.2, 0.25) is 0 Å². The van der Waals surface area contributed by atoms with Gasteiger partial charge in [-0.15, -0.1) is 0 Å². The summed E-state index contributed by atoms with van der Waals surface area (Å²) in [6.07, 6.45) is 8.87. The standard InChI is InChI=1S/C20H24BrN5/c21-17-6-4-14(5-7-17)20-18(26-8-2-1-3-19(26)23-20)13-24-9-15-11-25(22)12-16(15)10-24/h1-8,15-16,19,23H,9-13,22H2. The van der Waals surface area contributed by atoms with Gasteiger partial charge in [-0.1, -0.05) is 34.1 Å². The first-order chi connectivity index (χ1) is 12.7. The van der Waals surface area contributed by atoms with Crippen molar-refractivity contribution in [2.75, 3.05) is 32.7 Å². The molecule has 1 aromatic carbocycles. The van der Waals surface area contributed by atoms with E-state index in [0.29, 0.717) is 0 Å². The van der Waals surface area contributed by atoms with Crippen LogP contribution in [0.4, 0.5) is 0 Å². The number of hydrogen-bond donors (Lipinski definition) is 2. The predicted octanol–water partition coefficient (Wildman–Crippen LogP) is 2.17. The molecule has 3 atom stereocenters. The minimum absolute atomic E-state index is 0.218. The van der Waals surface area contributed by atoms with Crippen LogP contribution in [0.1, 0.15) is 5.56 Å². The van der Waals surface area contributed by atoms with E-state index in [1.807, 2.05) is 5.01 Å². The van der Waals surface area contributed by atoms with Gasteiger partial charge >= 0.3 is 0 Å². The summed E-state index contributed by atoms with van der Waals surface area (Å²) < 4.78 is 1.11. The maximum Gasteiger partial charge on any atom is 0.123 e. The molecule has 4 aliphatic heterocycles. The first-order valence-electron chi connectivity index (χ1n) is 9.28. The van der Waals surface area contributed by atoms with Crippen LogP contribution in [-0.4, -0.2) is 53.7 Å².